The predicted octanol–water partition coefficient (Wildman–Crippen LogP) is 8.80. The summed E-state index contributed by atoms with van der Waals surface area (Å²) in [5.41, 5.74) is 1.49. The Hall–Kier alpha value is -0.560. The van der Waals surface area contributed by atoms with E-state index in [1.165, 1.54) is 19.3 Å². The molecule has 0 heterocycles. The molecule has 8 unspecified atom stereocenters. The summed E-state index contributed by atoms with van der Waals surface area (Å²) in [6.45, 7) is 28.7. The minimum absolute atomic E-state index is 0.0555. The molecular weight excluding hydrogens is 364 g/mol. The monoisotopic (exact) mass is 418 g/mol. The van der Waals surface area contributed by atoms with Gasteiger partial charge in [0.15, 0.2) is 0 Å². The molecule has 0 N–H and O–H groups in total. The lowest BCUT2D eigenvalue weighted by Crippen LogP contribution is -2.45. The molecule has 8 atom stereocenters. The maximum absolute atomic E-state index is 5.84. The summed E-state index contributed by atoms with van der Waals surface area (Å²) in [6, 6.07) is 0. The van der Waals surface area contributed by atoms with Crippen LogP contribution in [0.5, 0.6) is 0 Å². The summed E-state index contributed by atoms with van der Waals surface area (Å²) in [4.78, 5) is 0. The van der Waals surface area contributed by atoms with Gasteiger partial charge in [0.05, 0.1) is 5.60 Å². The molecule has 0 amide bonds. The van der Waals surface area contributed by atoms with Gasteiger partial charge in [-0.05, 0) is 99.7 Å². The van der Waals surface area contributed by atoms with Gasteiger partial charge < -0.3 is 4.74 Å². The van der Waals surface area contributed by atoms with Crippen LogP contribution >= 0.6 is 0 Å². The van der Waals surface area contributed by atoms with E-state index in [1.54, 1.807) is 5.57 Å². The third kappa shape index (κ3) is 6.24. The van der Waals surface area contributed by atoms with Crippen LogP contribution < -0.4 is 0 Å². The Balaban J connectivity index is 3.59. The van der Waals surface area contributed by atoms with Crippen LogP contribution in [0.1, 0.15) is 94.9 Å². The Bertz CT molecular complexity index is 543. The van der Waals surface area contributed by atoms with E-state index in [2.05, 4.69) is 81.4 Å². The van der Waals surface area contributed by atoms with Gasteiger partial charge in [-0.15, -0.1) is 0 Å². The minimum atomic E-state index is -0.0555. The fourth-order valence-electron chi connectivity index (χ4n) is 7.07. The van der Waals surface area contributed by atoms with Gasteiger partial charge in [-0.25, -0.2) is 0 Å². The average Bonchev–Trinajstić information content (AvgIpc) is 2.67. The van der Waals surface area contributed by atoms with Gasteiger partial charge >= 0.3 is 0 Å². The van der Waals surface area contributed by atoms with Crippen LogP contribution in [0.4, 0.5) is 0 Å². The maximum Gasteiger partial charge on any atom is 0.0622 e. The first-order chi connectivity index (χ1) is 14.0. The summed E-state index contributed by atoms with van der Waals surface area (Å²) in [5, 5.41) is 0. The number of hydrogen-bond donors (Lipinski definition) is 0. The van der Waals surface area contributed by atoms with Crippen molar-refractivity contribution in [3.8, 4) is 0 Å². The summed E-state index contributed by atoms with van der Waals surface area (Å²) < 4.78 is 5.84. The molecule has 1 nitrogen and oxygen atoms in total. The van der Waals surface area contributed by atoms with E-state index >= 15 is 0 Å². The van der Waals surface area contributed by atoms with Gasteiger partial charge in [-0.2, -0.15) is 0 Å². The fraction of sp³-hybridized carbons (Fsp3) is 0.862. The lowest BCUT2D eigenvalue weighted by Gasteiger charge is -2.52. The van der Waals surface area contributed by atoms with Crippen molar-refractivity contribution in [3.05, 3.63) is 24.3 Å². The van der Waals surface area contributed by atoms with Crippen molar-refractivity contribution in [2.75, 3.05) is 7.11 Å². The molecule has 1 aliphatic rings. The van der Waals surface area contributed by atoms with Crippen molar-refractivity contribution in [2.24, 2.45) is 53.3 Å². The maximum atomic E-state index is 5.84. The Morgan fingerprint density at radius 3 is 1.97 bits per heavy atom. The second-order valence-corrected chi connectivity index (χ2v) is 11.3. The zero-order valence-electron chi connectivity index (χ0n) is 22.3. The Kier molecular flexibility index (Phi) is 10.9. The van der Waals surface area contributed by atoms with E-state index < -0.39 is 0 Å². The predicted molar refractivity (Wildman–Crippen MR) is 135 cm³/mol. The largest absolute Gasteiger partial charge is 0.379 e. The standard InChI is InChI=1S/C29H54O/c1-13-16-20(6)28-26(17-18-29(10,11)30-12)22(8)24(14-2)21(7)25(15-3)23(9)27(28)19(4)5/h13,16,19-20,22-28H,7,14-15,17-18H2,1-6,8-12H3. The SMILES string of the molecule is C=C1C(CC)C(C)C(CCC(C)(C)OC)C(C(C)C=CC)C(C(C)C)C(C)C1CC. The van der Waals surface area contributed by atoms with Crippen molar-refractivity contribution in [1.82, 2.24) is 0 Å². The van der Waals surface area contributed by atoms with Gasteiger partial charge in [0.1, 0.15) is 0 Å². The molecule has 30 heavy (non-hydrogen) atoms. The summed E-state index contributed by atoms with van der Waals surface area (Å²) in [6.07, 6.45) is 9.55. The highest BCUT2D eigenvalue weighted by molar-refractivity contribution is 5.13. The number of ether oxygens (including phenoxy) is 1. The van der Waals surface area contributed by atoms with Gasteiger partial charge in [0.25, 0.3) is 0 Å². The molecule has 0 aromatic carbocycles. The normalized spacial score (nSPS) is 34.9. The van der Waals surface area contributed by atoms with Crippen LogP contribution in [0, 0.1) is 53.3 Å². The highest BCUT2D eigenvalue weighted by atomic mass is 16.5. The second kappa shape index (κ2) is 11.9. The molecule has 176 valence electrons. The zero-order valence-corrected chi connectivity index (χ0v) is 22.3. The Morgan fingerprint density at radius 1 is 1.00 bits per heavy atom. The third-order valence-electron chi connectivity index (χ3n) is 8.83. The van der Waals surface area contributed by atoms with Crippen molar-refractivity contribution < 1.29 is 4.74 Å². The molecule has 0 saturated heterocycles. The molecule has 1 saturated carbocycles. The topological polar surface area (TPSA) is 9.23 Å². The number of rotatable bonds is 9. The fourth-order valence-corrected chi connectivity index (χ4v) is 7.07. The minimum Gasteiger partial charge on any atom is -0.379 e. The number of allylic oxidation sites excluding steroid dienone is 3. The van der Waals surface area contributed by atoms with E-state index in [1.807, 2.05) is 7.11 Å². The first kappa shape index (κ1) is 27.5. The Labute approximate surface area is 190 Å². The molecule has 0 radical (unpaired) electrons. The smallest absolute Gasteiger partial charge is 0.0622 e. The Morgan fingerprint density at radius 2 is 1.53 bits per heavy atom. The van der Waals surface area contributed by atoms with Crippen LogP contribution in [0.25, 0.3) is 0 Å². The van der Waals surface area contributed by atoms with E-state index in [-0.39, 0.29) is 5.60 Å². The molecule has 1 heteroatoms. The van der Waals surface area contributed by atoms with Crippen molar-refractivity contribution >= 4 is 0 Å². The van der Waals surface area contributed by atoms with E-state index in [0.717, 1.165) is 6.42 Å². The second-order valence-electron chi connectivity index (χ2n) is 11.3. The van der Waals surface area contributed by atoms with E-state index in [9.17, 15) is 0 Å². The summed E-state index contributed by atoms with van der Waals surface area (Å²) in [7, 11) is 1.86. The lowest BCUT2D eigenvalue weighted by atomic mass is 9.53. The number of hydrogen-bond acceptors (Lipinski definition) is 1. The molecule has 1 rings (SSSR count). The third-order valence-corrected chi connectivity index (χ3v) is 8.83. The van der Waals surface area contributed by atoms with Crippen molar-refractivity contribution in [1.29, 1.82) is 0 Å². The first-order valence-electron chi connectivity index (χ1n) is 12.8. The molecule has 1 fully saturated rings. The van der Waals surface area contributed by atoms with E-state index in [0.29, 0.717) is 53.3 Å². The average molecular weight is 419 g/mol. The van der Waals surface area contributed by atoms with Crippen LogP contribution in [0.15, 0.2) is 24.3 Å². The quantitative estimate of drug-likeness (QED) is 0.340. The van der Waals surface area contributed by atoms with Crippen molar-refractivity contribution in [3.63, 3.8) is 0 Å². The van der Waals surface area contributed by atoms with Crippen molar-refractivity contribution in [2.45, 2.75) is 101 Å². The molecule has 0 aromatic heterocycles. The lowest BCUT2D eigenvalue weighted by molar-refractivity contribution is -0.0207. The van der Waals surface area contributed by atoms with Gasteiger partial charge in [0, 0.05) is 7.11 Å². The van der Waals surface area contributed by atoms with Crippen LogP contribution in [0.2, 0.25) is 0 Å². The van der Waals surface area contributed by atoms with Crippen LogP contribution in [0.3, 0.4) is 0 Å². The van der Waals surface area contributed by atoms with Gasteiger partial charge in [0.2, 0.25) is 0 Å². The molecule has 1 aliphatic carbocycles. The number of methoxy groups -OCH3 is 1. The highest BCUT2D eigenvalue weighted by Gasteiger charge is 2.46. The van der Waals surface area contributed by atoms with Gasteiger partial charge in [-0.1, -0.05) is 72.8 Å². The molecule has 0 aliphatic heterocycles. The van der Waals surface area contributed by atoms with Crippen LogP contribution in [-0.4, -0.2) is 12.7 Å². The first-order valence-corrected chi connectivity index (χ1v) is 12.8. The zero-order chi connectivity index (χ0) is 23.2. The van der Waals surface area contributed by atoms with Gasteiger partial charge in [-0.3, -0.25) is 0 Å². The summed E-state index contributed by atoms with van der Waals surface area (Å²) in [5.74, 6) is 6.01. The molecule has 0 aromatic rings. The van der Waals surface area contributed by atoms with Crippen LogP contribution in [-0.2, 0) is 4.74 Å². The van der Waals surface area contributed by atoms with E-state index in [4.69, 9.17) is 11.3 Å². The molecule has 0 bridgehead atoms. The summed E-state index contributed by atoms with van der Waals surface area (Å²) >= 11 is 0. The molecule has 0 spiro atoms. The highest BCUT2D eigenvalue weighted by Crippen LogP contribution is 2.53. The molecular formula is C29H54O.